The Balaban J connectivity index is 1.48. The van der Waals surface area contributed by atoms with Gasteiger partial charge in [-0.15, -0.1) is 23.2 Å². The Labute approximate surface area is 218 Å². The van der Waals surface area contributed by atoms with Crippen LogP contribution in [0.2, 0.25) is 0 Å². The number of alkyl halides is 2. The maximum atomic E-state index is 7.48. The van der Waals surface area contributed by atoms with Crippen LogP contribution in [0.25, 0.3) is 10.8 Å². The third kappa shape index (κ3) is 1.89. The number of ether oxygens (including phenoxy) is 4. The van der Waals surface area contributed by atoms with Gasteiger partial charge in [-0.2, -0.15) is 0 Å². The highest BCUT2D eigenvalue weighted by Gasteiger charge is 2.90. The van der Waals surface area contributed by atoms with Crippen LogP contribution in [0.5, 0.6) is 11.5 Å². The summed E-state index contributed by atoms with van der Waals surface area (Å²) >= 11 is 28.7. The van der Waals surface area contributed by atoms with Crippen LogP contribution in [0.1, 0.15) is 29.4 Å². The lowest BCUT2D eigenvalue weighted by atomic mass is 9.53. The quantitative estimate of drug-likeness (QED) is 0.189. The number of methoxy groups -OCH3 is 4. The highest BCUT2D eigenvalue weighted by atomic mass is 35.5. The normalized spacial score (nSPS) is 42.0. The van der Waals surface area contributed by atoms with E-state index >= 15 is 0 Å². The lowest BCUT2D eigenvalue weighted by molar-refractivity contribution is -0.222. The first-order valence-corrected chi connectivity index (χ1v) is 13.0. The van der Waals surface area contributed by atoms with Crippen molar-refractivity contribution >= 4 is 57.2 Å². The molecule has 34 heavy (non-hydrogen) atoms. The third-order valence-electron chi connectivity index (χ3n) is 9.72. The Bertz CT molecular complexity index is 1210. The second-order valence-electron chi connectivity index (χ2n) is 10.2. The summed E-state index contributed by atoms with van der Waals surface area (Å²) in [6.07, 6.45) is 0.989. The molecule has 8 atom stereocenters. The number of rotatable bonds is 4. The van der Waals surface area contributed by atoms with Gasteiger partial charge in [-0.3, -0.25) is 0 Å². The lowest BCUT2D eigenvalue weighted by Gasteiger charge is -2.52. The van der Waals surface area contributed by atoms with Crippen molar-refractivity contribution in [2.24, 2.45) is 23.7 Å². The Kier molecular flexibility index (Phi) is 4.40. The Hall–Kier alpha value is -0.880. The first kappa shape index (κ1) is 22.3. The fourth-order valence-corrected chi connectivity index (χ4v) is 11.3. The van der Waals surface area contributed by atoms with Crippen molar-refractivity contribution in [3.63, 3.8) is 0 Å². The molecule has 4 nitrogen and oxygen atoms in total. The predicted octanol–water partition coefficient (Wildman–Crippen LogP) is 6.58. The van der Waals surface area contributed by atoms with Crippen LogP contribution < -0.4 is 9.47 Å². The molecular weight excluding hydrogens is 518 g/mol. The molecule has 4 bridgehead atoms. The zero-order valence-electron chi connectivity index (χ0n) is 19.1. The van der Waals surface area contributed by atoms with Crippen LogP contribution in [0.3, 0.4) is 0 Å². The first-order chi connectivity index (χ1) is 16.3. The highest BCUT2D eigenvalue weighted by Crippen LogP contribution is 2.86. The summed E-state index contributed by atoms with van der Waals surface area (Å²) in [7, 11) is 6.63. The lowest BCUT2D eigenvalue weighted by Crippen LogP contribution is -2.58. The van der Waals surface area contributed by atoms with Crippen molar-refractivity contribution in [3.05, 3.63) is 45.5 Å². The Morgan fingerprint density at radius 2 is 1.15 bits per heavy atom. The second kappa shape index (κ2) is 6.70. The summed E-state index contributed by atoms with van der Waals surface area (Å²) in [5.41, 5.74) is 2.46. The van der Waals surface area contributed by atoms with Gasteiger partial charge in [0.25, 0.3) is 0 Å². The van der Waals surface area contributed by atoms with Crippen LogP contribution >= 0.6 is 46.4 Å². The van der Waals surface area contributed by atoms with E-state index in [2.05, 4.69) is 12.1 Å². The van der Waals surface area contributed by atoms with Gasteiger partial charge in [-0.05, 0) is 41.9 Å². The molecule has 0 radical (unpaired) electrons. The minimum absolute atomic E-state index is 0.0388. The minimum Gasteiger partial charge on any atom is -0.496 e. The smallest absolute Gasteiger partial charge is 0.217 e. The SMILES string of the molecule is COc1c2c(c(OC)c3ccccc13)[C@H]1[C@H]3C[C@@H]([C@@H]21)[C@H]1[C@@H]3[C@@]2(Cl)C(Cl)=C(Cl)[C@]1(Cl)C2(OC)OC. The molecule has 8 heteroatoms. The molecule has 0 unspecified atom stereocenters. The summed E-state index contributed by atoms with van der Waals surface area (Å²) in [6.45, 7) is 0. The number of hydrogen-bond acceptors (Lipinski definition) is 4. The first-order valence-electron chi connectivity index (χ1n) is 11.5. The molecular formula is C26H24Cl4O4. The van der Waals surface area contributed by atoms with E-state index in [4.69, 9.17) is 65.4 Å². The number of fused-ring (bicyclic) bond motifs is 16. The maximum Gasteiger partial charge on any atom is 0.217 e. The molecule has 5 aliphatic carbocycles. The summed E-state index contributed by atoms with van der Waals surface area (Å²) in [5, 5.41) is 2.82. The maximum absolute atomic E-state index is 7.48. The number of halogens is 4. The standard InChI is InChI=1S/C26H24Cl4O4/c1-31-20-10-7-5-6-8-11(10)21(32-2)17-15-13-9-12(14(15)16(17)20)18-19(13)25(30)23(28)22(27)24(18,29)26(25,33-3)34-4/h5-8,12-15,18-19H,9H2,1-4H3/t12-,13+,14+,15-,18-,19+,24-,25+. The van der Waals surface area contributed by atoms with Gasteiger partial charge in [-0.1, -0.05) is 47.5 Å². The molecule has 5 aliphatic rings. The van der Waals surface area contributed by atoms with Crippen LogP contribution in [-0.4, -0.2) is 44.0 Å². The van der Waals surface area contributed by atoms with Crippen molar-refractivity contribution < 1.29 is 18.9 Å². The molecule has 0 heterocycles. The van der Waals surface area contributed by atoms with E-state index in [1.807, 2.05) is 12.1 Å². The van der Waals surface area contributed by atoms with Crippen molar-refractivity contribution in [3.8, 4) is 11.5 Å². The number of hydrogen-bond donors (Lipinski definition) is 0. The number of benzene rings is 2. The van der Waals surface area contributed by atoms with Crippen molar-refractivity contribution in [2.45, 2.75) is 33.8 Å². The van der Waals surface area contributed by atoms with Gasteiger partial charge < -0.3 is 18.9 Å². The van der Waals surface area contributed by atoms with Gasteiger partial charge in [0.1, 0.15) is 21.2 Å². The third-order valence-corrected chi connectivity index (χ3v) is 12.4. The van der Waals surface area contributed by atoms with Gasteiger partial charge in [0, 0.05) is 36.1 Å². The average molecular weight is 542 g/mol. The summed E-state index contributed by atoms with van der Waals surface area (Å²) in [4.78, 5) is -2.31. The monoisotopic (exact) mass is 540 g/mol. The molecule has 0 aliphatic heterocycles. The summed E-state index contributed by atoms with van der Waals surface area (Å²) in [6, 6.07) is 8.25. The van der Waals surface area contributed by atoms with E-state index in [1.54, 1.807) is 28.4 Å². The Morgan fingerprint density at radius 1 is 0.735 bits per heavy atom. The van der Waals surface area contributed by atoms with Gasteiger partial charge in [-0.25, -0.2) is 0 Å². The molecule has 0 spiro atoms. The molecule has 0 saturated heterocycles. The Morgan fingerprint density at radius 3 is 1.50 bits per heavy atom. The van der Waals surface area contributed by atoms with E-state index in [0.717, 1.165) is 28.7 Å². The van der Waals surface area contributed by atoms with Crippen molar-refractivity contribution in [2.75, 3.05) is 28.4 Å². The molecule has 0 N–H and O–H groups in total. The molecule has 2 aromatic carbocycles. The van der Waals surface area contributed by atoms with Crippen molar-refractivity contribution in [1.82, 2.24) is 0 Å². The van der Waals surface area contributed by atoms with E-state index in [9.17, 15) is 0 Å². The molecule has 0 amide bonds. The van der Waals surface area contributed by atoms with Crippen LogP contribution in [0.4, 0.5) is 0 Å². The fraction of sp³-hybridized carbons (Fsp3) is 0.538. The molecule has 0 aromatic heterocycles. The van der Waals surface area contributed by atoms with Gasteiger partial charge in [0.05, 0.1) is 24.3 Å². The van der Waals surface area contributed by atoms with Gasteiger partial charge in [0.2, 0.25) is 5.79 Å². The van der Waals surface area contributed by atoms with Crippen molar-refractivity contribution in [1.29, 1.82) is 0 Å². The zero-order valence-corrected chi connectivity index (χ0v) is 22.1. The average Bonchev–Trinajstić information content (AvgIpc) is 3.46. The minimum atomic E-state index is -1.35. The van der Waals surface area contributed by atoms with E-state index in [1.165, 1.54) is 11.1 Å². The van der Waals surface area contributed by atoms with Crippen LogP contribution in [0.15, 0.2) is 34.3 Å². The van der Waals surface area contributed by atoms with Crippen LogP contribution in [0, 0.1) is 23.7 Å². The second-order valence-corrected chi connectivity index (χ2v) is 12.1. The summed E-state index contributed by atoms with van der Waals surface area (Å²) < 4.78 is 24.1. The van der Waals surface area contributed by atoms with Crippen LogP contribution in [-0.2, 0) is 9.47 Å². The van der Waals surface area contributed by atoms with Gasteiger partial charge >= 0.3 is 0 Å². The fourth-order valence-electron chi connectivity index (χ4n) is 8.99. The predicted molar refractivity (Wildman–Crippen MR) is 134 cm³/mol. The topological polar surface area (TPSA) is 36.9 Å². The molecule has 180 valence electrons. The van der Waals surface area contributed by atoms with E-state index in [0.29, 0.717) is 10.1 Å². The molecule has 2 aromatic rings. The zero-order chi connectivity index (χ0) is 23.9. The van der Waals surface area contributed by atoms with E-state index in [-0.39, 0.29) is 35.5 Å². The highest BCUT2D eigenvalue weighted by molar-refractivity contribution is 6.52. The molecule has 3 fully saturated rings. The van der Waals surface area contributed by atoms with Gasteiger partial charge in [0.15, 0.2) is 0 Å². The van der Waals surface area contributed by atoms with E-state index < -0.39 is 15.5 Å². The summed E-state index contributed by atoms with van der Waals surface area (Å²) in [5.74, 6) is 1.47. The largest absolute Gasteiger partial charge is 0.496 e. The molecule has 7 rings (SSSR count). The molecule has 3 saturated carbocycles.